The summed E-state index contributed by atoms with van der Waals surface area (Å²) in [5, 5.41) is 5.77. The highest BCUT2D eigenvalue weighted by molar-refractivity contribution is 5.85. The van der Waals surface area contributed by atoms with Crippen LogP contribution in [-0.4, -0.2) is 29.2 Å². The lowest BCUT2D eigenvalue weighted by Crippen LogP contribution is -2.39. The molecule has 4 aromatic rings. The first-order valence-electron chi connectivity index (χ1n) is 9.76. The predicted molar refractivity (Wildman–Crippen MR) is 109 cm³/mol. The molecule has 0 saturated carbocycles. The van der Waals surface area contributed by atoms with E-state index in [0.29, 0.717) is 12.6 Å². The Morgan fingerprint density at radius 3 is 3.11 bits per heavy atom. The van der Waals surface area contributed by atoms with Crippen LogP contribution >= 0.6 is 0 Å². The average Bonchev–Trinajstić information content (AvgIpc) is 3.13. The number of nitrogens with zero attached hydrogens (tertiary/aromatic N) is 1. The van der Waals surface area contributed by atoms with Crippen molar-refractivity contribution in [1.82, 2.24) is 15.3 Å². The molecule has 28 heavy (non-hydrogen) atoms. The summed E-state index contributed by atoms with van der Waals surface area (Å²) >= 11 is 0. The minimum absolute atomic E-state index is 0.189. The summed E-state index contributed by atoms with van der Waals surface area (Å²) in [6.07, 6.45) is 6.65. The minimum Gasteiger partial charge on any atom is -0.492 e. The Labute approximate surface area is 162 Å². The van der Waals surface area contributed by atoms with Crippen molar-refractivity contribution >= 4 is 21.8 Å². The number of hydrogen-bond donors (Lipinski definition) is 2. The van der Waals surface area contributed by atoms with E-state index in [2.05, 4.69) is 21.4 Å². The van der Waals surface area contributed by atoms with E-state index in [1.807, 2.05) is 30.6 Å². The Bertz CT molecular complexity index is 1140. The van der Waals surface area contributed by atoms with Gasteiger partial charge < -0.3 is 15.0 Å². The first-order chi connectivity index (χ1) is 13.8. The van der Waals surface area contributed by atoms with Crippen molar-refractivity contribution in [3.63, 3.8) is 0 Å². The number of H-pyrrole nitrogens is 1. The molecule has 0 fully saturated rings. The number of ether oxygens (including phenoxy) is 1. The number of aromatic nitrogens is 2. The third-order valence-electron chi connectivity index (χ3n) is 5.53. The van der Waals surface area contributed by atoms with Crippen molar-refractivity contribution in [1.29, 1.82) is 0 Å². The molecule has 5 heteroatoms. The zero-order valence-corrected chi connectivity index (χ0v) is 15.5. The van der Waals surface area contributed by atoms with Gasteiger partial charge in [0.1, 0.15) is 18.2 Å². The number of halogens is 1. The monoisotopic (exact) mass is 375 g/mol. The Morgan fingerprint density at radius 1 is 1.18 bits per heavy atom. The molecule has 142 valence electrons. The third kappa shape index (κ3) is 3.22. The molecule has 3 heterocycles. The summed E-state index contributed by atoms with van der Waals surface area (Å²) in [5.74, 6) is 0.783. The van der Waals surface area contributed by atoms with E-state index in [9.17, 15) is 4.39 Å². The van der Waals surface area contributed by atoms with Gasteiger partial charge in [0.2, 0.25) is 0 Å². The maximum atomic E-state index is 13.5. The number of pyridine rings is 1. The SMILES string of the molecule is Fc1ccc2[nH]cc(CCCN[C@H]3COc4ccc5ncccc5c4C3)c2c1. The Morgan fingerprint density at radius 2 is 2.14 bits per heavy atom. The lowest BCUT2D eigenvalue weighted by Gasteiger charge is -2.27. The fourth-order valence-corrected chi connectivity index (χ4v) is 4.11. The molecule has 5 rings (SSSR count). The summed E-state index contributed by atoms with van der Waals surface area (Å²) in [5.41, 5.74) is 4.40. The maximum Gasteiger partial charge on any atom is 0.123 e. The molecule has 2 aromatic heterocycles. The molecular formula is C23H22FN3O. The first-order valence-corrected chi connectivity index (χ1v) is 9.76. The smallest absolute Gasteiger partial charge is 0.123 e. The normalized spacial score (nSPS) is 16.2. The number of rotatable bonds is 5. The molecule has 0 saturated heterocycles. The Hall–Kier alpha value is -2.92. The molecule has 4 nitrogen and oxygen atoms in total. The van der Waals surface area contributed by atoms with E-state index < -0.39 is 0 Å². The number of benzene rings is 2. The molecular weight excluding hydrogens is 353 g/mol. The lowest BCUT2D eigenvalue weighted by atomic mass is 9.98. The van der Waals surface area contributed by atoms with Crippen molar-refractivity contribution < 1.29 is 9.13 Å². The van der Waals surface area contributed by atoms with Gasteiger partial charge in [0.05, 0.1) is 5.52 Å². The zero-order chi connectivity index (χ0) is 18.9. The number of nitrogens with one attached hydrogen (secondary N) is 2. The van der Waals surface area contributed by atoms with Gasteiger partial charge in [0.25, 0.3) is 0 Å². The molecule has 1 aliphatic rings. The largest absolute Gasteiger partial charge is 0.492 e. The van der Waals surface area contributed by atoms with Gasteiger partial charge in [-0.05, 0) is 67.8 Å². The van der Waals surface area contributed by atoms with Gasteiger partial charge in [-0.25, -0.2) is 4.39 Å². The van der Waals surface area contributed by atoms with E-state index >= 15 is 0 Å². The summed E-state index contributed by atoms with van der Waals surface area (Å²) in [6, 6.07) is 13.3. The molecule has 2 N–H and O–H groups in total. The minimum atomic E-state index is -0.189. The van der Waals surface area contributed by atoms with E-state index in [4.69, 9.17) is 4.74 Å². The van der Waals surface area contributed by atoms with Crippen molar-refractivity contribution in [3.05, 3.63) is 71.8 Å². The lowest BCUT2D eigenvalue weighted by molar-refractivity contribution is 0.240. The van der Waals surface area contributed by atoms with Crippen molar-refractivity contribution in [2.24, 2.45) is 0 Å². The number of fused-ring (bicyclic) bond motifs is 4. The number of aryl methyl sites for hydroxylation is 1. The highest BCUT2D eigenvalue weighted by Crippen LogP contribution is 2.31. The maximum absolute atomic E-state index is 13.5. The van der Waals surface area contributed by atoms with Crippen LogP contribution in [0.3, 0.4) is 0 Å². The molecule has 0 amide bonds. The van der Waals surface area contributed by atoms with Crippen LogP contribution in [0.15, 0.2) is 54.9 Å². The zero-order valence-electron chi connectivity index (χ0n) is 15.5. The summed E-state index contributed by atoms with van der Waals surface area (Å²) in [7, 11) is 0. The summed E-state index contributed by atoms with van der Waals surface area (Å²) < 4.78 is 19.5. The van der Waals surface area contributed by atoms with Crippen molar-refractivity contribution in [3.8, 4) is 5.75 Å². The Balaban J connectivity index is 1.21. The second-order valence-electron chi connectivity index (χ2n) is 7.39. The van der Waals surface area contributed by atoms with Gasteiger partial charge in [0.15, 0.2) is 0 Å². The molecule has 0 bridgehead atoms. The van der Waals surface area contributed by atoms with E-state index in [-0.39, 0.29) is 5.82 Å². The van der Waals surface area contributed by atoms with Gasteiger partial charge in [0, 0.05) is 40.3 Å². The van der Waals surface area contributed by atoms with Gasteiger partial charge in [-0.15, -0.1) is 0 Å². The highest BCUT2D eigenvalue weighted by atomic mass is 19.1. The highest BCUT2D eigenvalue weighted by Gasteiger charge is 2.21. The van der Waals surface area contributed by atoms with E-state index in [0.717, 1.165) is 48.0 Å². The van der Waals surface area contributed by atoms with Gasteiger partial charge in [-0.3, -0.25) is 4.98 Å². The van der Waals surface area contributed by atoms with Crippen LogP contribution in [0.1, 0.15) is 17.5 Å². The van der Waals surface area contributed by atoms with Crippen LogP contribution in [0, 0.1) is 5.82 Å². The quantitative estimate of drug-likeness (QED) is 0.509. The number of aromatic amines is 1. The van der Waals surface area contributed by atoms with E-state index in [1.165, 1.54) is 22.6 Å². The van der Waals surface area contributed by atoms with Crippen molar-refractivity contribution in [2.45, 2.75) is 25.3 Å². The predicted octanol–water partition coefficient (Wildman–Crippen LogP) is 4.38. The fraction of sp³-hybridized carbons (Fsp3) is 0.261. The molecule has 0 spiro atoms. The van der Waals surface area contributed by atoms with Crippen LogP contribution in [-0.2, 0) is 12.8 Å². The summed E-state index contributed by atoms with van der Waals surface area (Å²) in [4.78, 5) is 7.66. The topological polar surface area (TPSA) is 49.9 Å². The molecule has 1 aliphatic heterocycles. The van der Waals surface area contributed by atoms with E-state index in [1.54, 1.807) is 12.1 Å². The second kappa shape index (κ2) is 7.24. The number of hydrogen-bond acceptors (Lipinski definition) is 3. The molecule has 1 atom stereocenters. The molecule has 2 aromatic carbocycles. The van der Waals surface area contributed by atoms with Crippen LogP contribution in [0.2, 0.25) is 0 Å². The van der Waals surface area contributed by atoms with Crippen LogP contribution in [0.5, 0.6) is 5.75 Å². The van der Waals surface area contributed by atoms with Crippen LogP contribution in [0.4, 0.5) is 4.39 Å². The second-order valence-corrected chi connectivity index (χ2v) is 7.39. The molecule has 0 aliphatic carbocycles. The van der Waals surface area contributed by atoms with Crippen LogP contribution < -0.4 is 10.1 Å². The average molecular weight is 375 g/mol. The summed E-state index contributed by atoms with van der Waals surface area (Å²) in [6.45, 7) is 1.57. The fourth-order valence-electron chi connectivity index (χ4n) is 4.11. The third-order valence-corrected chi connectivity index (χ3v) is 5.53. The molecule has 0 radical (unpaired) electrons. The van der Waals surface area contributed by atoms with Crippen LogP contribution in [0.25, 0.3) is 21.8 Å². The van der Waals surface area contributed by atoms with Gasteiger partial charge in [-0.2, -0.15) is 0 Å². The molecule has 0 unspecified atom stereocenters. The van der Waals surface area contributed by atoms with Gasteiger partial charge >= 0.3 is 0 Å². The van der Waals surface area contributed by atoms with Crippen molar-refractivity contribution in [2.75, 3.05) is 13.2 Å². The standard InChI is InChI=1S/C23H22FN3O/c24-16-5-6-22-19(11-16)15(13-27-22)3-1-9-25-17-12-20-18-4-2-10-26-21(18)7-8-23(20)28-14-17/h2,4-8,10-11,13,17,25,27H,1,3,9,12,14H2/t17-/m1/s1. The Kier molecular flexibility index (Phi) is 4.45. The first kappa shape index (κ1) is 17.2. The van der Waals surface area contributed by atoms with Gasteiger partial charge in [-0.1, -0.05) is 6.07 Å².